The van der Waals surface area contributed by atoms with Crippen LogP contribution in [0.4, 0.5) is 0 Å². The van der Waals surface area contributed by atoms with Crippen LogP contribution in [0.2, 0.25) is 0 Å². The number of hydrogen-bond donors (Lipinski definition) is 24. The van der Waals surface area contributed by atoms with Crippen LogP contribution in [-0.4, -0.2) is 247 Å². The van der Waals surface area contributed by atoms with Crippen molar-refractivity contribution >= 4 is 117 Å². The van der Waals surface area contributed by atoms with E-state index in [1.54, 1.807) is 30.7 Å². The van der Waals surface area contributed by atoms with E-state index in [4.69, 9.17) is 79.4 Å². The number of fused-ring (bicyclic) bond motifs is 4. The van der Waals surface area contributed by atoms with Crippen molar-refractivity contribution in [3.8, 4) is 51.6 Å². The number of guanidine groups is 2. The summed E-state index contributed by atoms with van der Waals surface area (Å²) < 4.78 is 35.1. The molecule has 1 fully saturated rings. The average Bonchev–Trinajstić information content (AvgIpc) is 1.64. The Morgan fingerprint density at radius 3 is 1.76 bits per heavy atom. The number of carbonyl (C=O) groups excluding carboxylic acids is 12. The summed E-state index contributed by atoms with van der Waals surface area (Å²) in [5.74, 6) is -11.5. The first-order chi connectivity index (χ1) is 60.9. The van der Waals surface area contributed by atoms with Crippen molar-refractivity contribution in [1.29, 1.82) is 10.8 Å². The zero-order chi connectivity index (χ0) is 92.4. The van der Waals surface area contributed by atoms with Crippen molar-refractivity contribution < 1.29 is 101 Å². The third-order valence-electron chi connectivity index (χ3n) is 21.6. The van der Waals surface area contributed by atoms with Crippen LogP contribution < -0.4 is 118 Å². The number of thioether (sulfide) groups is 2. The molecule has 2 aromatic heterocycles. The number of nitrogens with zero attached hydrogens (tertiary/aromatic N) is 1. The summed E-state index contributed by atoms with van der Waals surface area (Å²) in [5.41, 5.74) is 43.7. The maximum atomic E-state index is 14.9. The number of cyclic esters (lactones) is 1. The molecule has 0 radical (unpaired) electrons. The normalized spacial score (nSPS) is 16.0. The van der Waals surface area contributed by atoms with E-state index < -0.39 is 162 Å². The van der Waals surface area contributed by atoms with Crippen molar-refractivity contribution in [1.82, 2.24) is 68.0 Å². The number of amides is 10. The Morgan fingerprint density at radius 1 is 0.622 bits per heavy atom. The molecule has 0 spiro atoms. The van der Waals surface area contributed by atoms with E-state index in [1.807, 2.05) is 18.2 Å². The molecule has 43 nitrogen and oxygen atoms in total. The summed E-state index contributed by atoms with van der Waals surface area (Å²) in [7, 11) is 2.77. The zero-order valence-electron chi connectivity index (χ0n) is 71.3. The summed E-state index contributed by atoms with van der Waals surface area (Å²) in [6.45, 7) is -0.485. The first kappa shape index (κ1) is 100. The minimum absolute atomic E-state index is 0.00131. The van der Waals surface area contributed by atoms with Gasteiger partial charge in [-0.15, -0.1) is 11.8 Å². The van der Waals surface area contributed by atoms with E-state index in [1.165, 1.54) is 38.1 Å². The molecule has 0 saturated carbocycles. The first-order valence-electron chi connectivity index (χ1n) is 41.9. The lowest BCUT2D eigenvalue weighted by molar-refractivity contribution is -0.154. The Kier molecular flexibility index (Phi) is 39.6. The molecule has 45 heteroatoms. The number of aromatic nitrogens is 2. The van der Waals surface area contributed by atoms with Crippen LogP contribution >= 0.6 is 23.5 Å². The van der Waals surface area contributed by atoms with Crippen molar-refractivity contribution in [2.45, 2.75) is 181 Å². The van der Waals surface area contributed by atoms with Gasteiger partial charge in [0.2, 0.25) is 77.5 Å². The monoisotopic (exact) mass is 1810 g/mol. The third-order valence-corrected chi connectivity index (χ3v) is 23.4. The number of aromatic hydroxyl groups is 3. The molecule has 10 amide bonds. The highest BCUT2D eigenvalue weighted by Crippen LogP contribution is 2.55. The Bertz CT molecular complexity index is 4690. The lowest BCUT2D eigenvalue weighted by Gasteiger charge is -2.34. The summed E-state index contributed by atoms with van der Waals surface area (Å²) in [6.07, 6.45) is 4.58. The number of phenolic OH excluding ortho intramolecular Hbond substituents is 1. The number of para-hydroxylation sites is 1. The average molecular weight is 1810 g/mol. The van der Waals surface area contributed by atoms with Gasteiger partial charge in [0.25, 0.3) is 0 Å². The molecular formula is C82H120N22O21S2. The maximum Gasteiger partial charge on any atom is 0.326 e. The Morgan fingerprint density at radius 2 is 1.18 bits per heavy atom. The molecule has 0 bridgehead atoms. The van der Waals surface area contributed by atoms with Crippen LogP contribution in [0.15, 0.2) is 59.6 Å². The van der Waals surface area contributed by atoms with E-state index in [-0.39, 0.29) is 163 Å². The predicted molar refractivity (Wildman–Crippen MR) is 470 cm³/mol. The minimum Gasteiger partial charge on any atom is -0.504 e. The SMILES string of the molecule is COc1cc(-c2c3c(cc4c2OCO4)[C@H](OC(=O)CNC(=O)CCn2c(O)cc(SC[C@H](N)C(=O)NCCC(=O)N[C@@H](CCCNC(=N)N)C(=O)N[C@@H](CCCNC(=N)N)C(=O)N[C@@H](CCSC)C(=O)N[C@@H](CCCCN)C(=O)N[C@@H](Cc4c[nH]c5ccccc45)C(=O)N[C@@H](CCCCN)C(=O)N[C@@H](CCCCN)C(N)=O)c2O)[C@H]2COC(=O)[C@@H]2C3)cc(O)c1OC. The number of methoxy groups -OCH3 is 2. The number of hydrogen-bond acceptors (Lipinski definition) is 29. The number of esters is 2. The Hall–Kier alpha value is -12.2. The van der Waals surface area contributed by atoms with Crippen LogP contribution in [0.3, 0.4) is 0 Å². The molecule has 11 atom stereocenters. The highest BCUT2D eigenvalue weighted by atomic mass is 32.2. The second kappa shape index (κ2) is 50.2. The molecule has 1 saturated heterocycles. The van der Waals surface area contributed by atoms with E-state index in [0.29, 0.717) is 90.1 Å². The van der Waals surface area contributed by atoms with Gasteiger partial charge in [-0.3, -0.25) is 72.9 Å². The zero-order valence-corrected chi connectivity index (χ0v) is 72.9. The van der Waals surface area contributed by atoms with Crippen LogP contribution in [0.1, 0.15) is 126 Å². The van der Waals surface area contributed by atoms with Gasteiger partial charge in [0.1, 0.15) is 54.9 Å². The number of aromatic amines is 1. The quantitative estimate of drug-likeness (QED) is 0.00682. The molecule has 5 aromatic rings. The van der Waals surface area contributed by atoms with Gasteiger partial charge >= 0.3 is 11.9 Å². The number of primary amides is 1. The molecular weight excluding hydrogens is 1690 g/mol. The summed E-state index contributed by atoms with van der Waals surface area (Å²) >= 11 is 2.22. The second-order valence-electron chi connectivity index (χ2n) is 30.7. The second-order valence-corrected chi connectivity index (χ2v) is 32.7. The van der Waals surface area contributed by atoms with Gasteiger partial charge in [0, 0.05) is 91.4 Å². The van der Waals surface area contributed by atoms with E-state index in [9.17, 15) is 72.9 Å². The summed E-state index contributed by atoms with van der Waals surface area (Å²) in [5, 5.41) is 78.7. The highest BCUT2D eigenvalue weighted by Gasteiger charge is 2.50. The van der Waals surface area contributed by atoms with Gasteiger partial charge in [-0.2, -0.15) is 11.8 Å². The third kappa shape index (κ3) is 29.2. The predicted octanol–water partition coefficient (Wildman–Crippen LogP) is -1.65. The van der Waals surface area contributed by atoms with Crippen molar-refractivity contribution in [3.05, 3.63) is 71.4 Å². The fourth-order valence-corrected chi connectivity index (χ4v) is 16.3. The standard InChI is InChI=1S/C82H120N22O21S2/c1-120-60-34-43(33-59(105)69(60)121-2)67-46-35-48-49(40-122-80(48)119)68(47(46)36-61-70(67)124-42-123-61)125-66(109)39-96-63(106)22-30-104-65(108)37-62(79(104)118)127-41-50(86)72(111)92-29-21-64(107)97-53(19-12-27-93-81(88)89)73(112)100-56(20-13-28-94-82(90)91)75(114)102-57(23-31-126-3)77(116)99-55(18-8-11-26-85)76(115)103-58(32-44-38-95-51-15-5-4-14-45(44)51)78(117)101-54(17-7-10-25-84)74(113)98-52(71(87)110)16-6-9-24-83/h4-5,14-15,33-34,36-38,48-50,52-58,68,95,105,108,118H,6-13,16-32,35,39-42,83-86H2,1-3H3,(H2,87,110)(H,92,111)(H,96,106)(H,97,107)(H,98,113)(H,99,116)(H,100,112)(H,101,117)(H,102,114)(H,103,115)(H4,88,89,93)(H4,90,91,94)/t48-,49+,50+,52+,53+,54+,55+,56+,57+,58+,68+/m1/s1. The number of nitrogens with two attached hydrogens (primary N) is 7. The Balaban J connectivity index is 0.872. The lowest BCUT2D eigenvalue weighted by Crippen LogP contribution is -2.60. The smallest absolute Gasteiger partial charge is 0.326 e. The fourth-order valence-electron chi connectivity index (χ4n) is 14.9. The van der Waals surface area contributed by atoms with Crippen LogP contribution in [0, 0.1) is 22.7 Å². The van der Waals surface area contributed by atoms with Crippen LogP contribution in [0.25, 0.3) is 22.0 Å². The fraction of sp³-hybridized carbons (Fsp3) is 0.537. The van der Waals surface area contributed by atoms with E-state index in [0.717, 1.165) is 27.2 Å². The highest BCUT2D eigenvalue weighted by molar-refractivity contribution is 7.99. The van der Waals surface area contributed by atoms with Crippen LogP contribution in [-0.2, 0) is 86.4 Å². The molecule has 31 N–H and O–H groups in total. The van der Waals surface area contributed by atoms with E-state index in [2.05, 4.69) is 63.5 Å². The summed E-state index contributed by atoms with van der Waals surface area (Å²) in [6, 6.07) is 2.67. The molecule has 2 aliphatic heterocycles. The molecule has 1 aliphatic carbocycles. The Labute approximate surface area is 741 Å². The van der Waals surface area contributed by atoms with Gasteiger partial charge < -0.3 is 147 Å². The lowest BCUT2D eigenvalue weighted by atomic mass is 9.73. The number of ether oxygens (including phenoxy) is 6. The number of nitrogens with one attached hydrogen (secondary N) is 14. The maximum absolute atomic E-state index is 14.9. The van der Waals surface area contributed by atoms with Gasteiger partial charge in [-0.1, -0.05) is 18.2 Å². The number of unbranched alkanes of at least 4 members (excludes halogenated alkanes) is 3. The van der Waals surface area contributed by atoms with Crippen molar-refractivity contribution in [2.75, 3.05) is 91.2 Å². The van der Waals surface area contributed by atoms with E-state index >= 15 is 0 Å². The molecule has 696 valence electrons. The molecule has 127 heavy (non-hydrogen) atoms. The topological polar surface area (TPSA) is 704 Å². The number of phenols is 1. The molecule has 3 aromatic carbocycles. The number of carbonyl (C=O) groups is 12. The van der Waals surface area contributed by atoms with Crippen LogP contribution in [0.5, 0.6) is 40.5 Å². The number of rotatable bonds is 55. The first-order valence-corrected chi connectivity index (χ1v) is 44.3. The minimum atomic E-state index is -1.43. The molecule has 8 rings (SSSR count). The molecule has 0 unspecified atom stereocenters. The van der Waals surface area contributed by atoms with Gasteiger partial charge in [0.15, 0.2) is 40.8 Å². The molecule has 3 aliphatic rings. The largest absolute Gasteiger partial charge is 0.504 e. The molecule has 4 heterocycles. The number of benzene rings is 3. The number of H-pyrrole nitrogens is 1. The van der Waals surface area contributed by atoms with Gasteiger partial charge in [-0.25, -0.2) is 0 Å². The van der Waals surface area contributed by atoms with Gasteiger partial charge in [0.05, 0.1) is 37.7 Å². The summed E-state index contributed by atoms with van der Waals surface area (Å²) in [4.78, 5) is 171. The van der Waals surface area contributed by atoms with Gasteiger partial charge in [-0.05, 0) is 169 Å². The van der Waals surface area contributed by atoms with Crippen molar-refractivity contribution in [2.24, 2.45) is 52.0 Å². The van der Waals surface area contributed by atoms with Crippen molar-refractivity contribution in [3.63, 3.8) is 0 Å².